The molecule has 1 aromatic heterocycles. The van der Waals surface area contributed by atoms with Crippen molar-refractivity contribution >= 4 is 60.5 Å². The van der Waals surface area contributed by atoms with Crippen LogP contribution in [0.25, 0.3) is 0 Å². The summed E-state index contributed by atoms with van der Waals surface area (Å²) in [6.07, 6.45) is 0.485. The summed E-state index contributed by atoms with van der Waals surface area (Å²) < 4.78 is 8.50. The molecule has 0 saturated carbocycles. The number of benzene rings is 2. The van der Waals surface area contributed by atoms with E-state index in [0.717, 1.165) is 37.3 Å². The maximum absolute atomic E-state index is 6.49. The van der Waals surface area contributed by atoms with Crippen LogP contribution in [0.1, 0.15) is 34.7 Å². The largest absolute Gasteiger partial charge is 0.464 e. The molecule has 2 aromatic carbocycles. The first-order valence-electron chi connectivity index (χ1n) is 8.42. The van der Waals surface area contributed by atoms with E-state index in [0.29, 0.717) is 5.02 Å². The average molecular weight is 525 g/mol. The SMILES string of the molecule is Clc1ccccc1[C@@H]1Oc2ccc(Br)cc2[C@H]2CC(c3ccc(Br)s3)=NN21. The number of rotatable bonds is 2. The molecule has 3 aromatic rings. The van der Waals surface area contributed by atoms with Gasteiger partial charge in [0.25, 0.3) is 0 Å². The van der Waals surface area contributed by atoms with Gasteiger partial charge in [0.15, 0.2) is 0 Å². The maximum Gasteiger partial charge on any atom is 0.215 e. The first-order valence-corrected chi connectivity index (χ1v) is 11.2. The number of thiophene rings is 1. The Bertz CT molecular complexity index is 1070. The molecule has 0 unspecified atom stereocenters. The molecule has 0 radical (unpaired) electrons. The van der Waals surface area contributed by atoms with E-state index in [-0.39, 0.29) is 12.3 Å². The number of ether oxygens (including phenoxy) is 1. The van der Waals surface area contributed by atoms with Crippen LogP contribution in [0.5, 0.6) is 5.75 Å². The van der Waals surface area contributed by atoms with Crippen molar-refractivity contribution < 1.29 is 4.74 Å². The molecule has 0 fully saturated rings. The zero-order chi connectivity index (χ0) is 18.5. The average Bonchev–Trinajstić information content (AvgIpc) is 3.28. The highest BCUT2D eigenvalue weighted by Crippen LogP contribution is 2.49. The van der Waals surface area contributed by atoms with E-state index >= 15 is 0 Å². The van der Waals surface area contributed by atoms with Gasteiger partial charge in [-0.2, -0.15) is 5.10 Å². The zero-order valence-electron chi connectivity index (χ0n) is 13.9. The topological polar surface area (TPSA) is 24.8 Å². The summed E-state index contributed by atoms with van der Waals surface area (Å²) >= 11 is 15.3. The first kappa shape index (κ1) is 17.7. The fraction of sp³-hybridized carbons (Fsp3) is 0.150. The van der Waals surface area contributed by atoms with Crippen LogP contribution in [0.2, 0.25) is 5.02 Å². The van der Waals surface area contributed by atoms with Gasteiger partial charge in [0.1, 0.15) is 5.75 Å². The Balaban J connectivity index is 1.63. The summed E-state index contributed by atoms with van der Waals surface area (Å²) in [5.41, 5.74) is 3.14. The fourth-order valence-electron chi connectivity index (χ4n) is 3.56. The molecule has 27 heavy (non-hydrogen) atoms. The van der Waals surface area contributed by atoms with Crippen LogP contribution in [-0.2, 0) is 0 Å². The van der Waals surface area contributed by atoms with Crippen molar-refractivity contribution in [2.24, 2.45) is 5.10 Å². The number of halogens is 3. The smallest absolute Gasteiger partial charge is 0.215 e. The Labute approximate surface area is 182 Å². The minimum absolute atomic E-state index is 0.114. The number of hydrogen-bond acceptors (Lipinski definition) is 4. The van der Waals surface area contributed by atoms with Gasteiger partial charge in [-0.05, 0) is 52.3 Å². The van der Waals surface area contributed by atoms with Crippen molar-refractivity contribution in [2.75, 3.05) is 0 Å². The lowest BCUT2D eigenvalue weighted by molar-refractivity contribution is -0.0190. The van der Waals surface area contributed by atoms with Crippen LogP contribution in [-0.4, -0.2) is 10.7 Å². The van der Waals surface area contributed by atoms with Gasteiger partial charge in [-0.3, -0.25) is 0 Å². The zero-order valence-corrected chi connectivity index (χ0v) is 18.6. The van der Waals surface area contributed by atoms with Crippen LogP contribution < -0.4 is 4.74 Å². The summed E-state index contributed by atoms with van der Waals surface area (Å²) in [6.45, 7) is 0. The van der Waals surface area contributed by atoms with Gasteiger partial charge in [-0.1, -0.05) is 45.7 Å². The number of hydrogen-bond donors (Lipinski definition) is 0. The predicted molar refractivity (Wildman–Crippen MR) is 117 cm³/mol. The standard InChI is InChI=1S/C20H13Br2ClN2OS/c21-11-5-6-17-13(9-11)16-10-15(18-7-8-19(22)27-18)24-25(16)20(26-17)12-3-1-2-4-14(12)23/h1-9,16,20H,10H2/t16-,20+/m1/s1. The van der Waals surface area contributed by atoms with E-state index in [1.54, 1.807) is 11.3 Å². The molecule has 3 heterocycles. The lowest BCUT2D eigenvalue weighted by Gasteiger charge is -2.38. The van der Waals surface area contributed by atoms with Gasteiger partial charge < -0.3 is 4.74 Å². The molecule has 0 aliphatic carbocycles. The van der Waals surface area contributed by atoms with Crippen molar-refractivity contribution in [1.29, 1.82) is 0 Å². The number of fused-ring (bicyclic) bond motifs is 3. The third-order valence-electron chi connectivity index (χ3n) is 4.78. The Morgan fingerprint density at radius 3 is 2.70 bits per heavy atom. The third kappa shape index (κ3) is 3.12. The summed E-state index contributed by atoms with van der Waals surface area (Å²) in [6, 6.07) is 18.2. The van der Waals surface area contributed by atoms with Crippen molar-refractivity contribution in [3.8, 4) is 5.75 Å². The van der Waals surface area contributed by atoms with Gasteiger partial charge in [0.05, 0.1) is 20.4 Å². The molecule has 5 rings (SSSR count). The lowest BCUT2D eigenvalue weighted by Crippen LogP contribution is -2.33. The Morgan fingerprint density at radius 2 is 1.93 bits per heavy atom. The molecule has 0 bridgehead atoms. The van der Waals surface area contributed by atoms with E-state index in [9.17, 15) is 0 Å². The molecule has 0 amide bonds. The minimum Gasteiger partial charge on any atom is -0.464 e. The van der Waals surface area contributed by atoms with Crippen molar-refractivity contribution in [3.63, 3.8) is 0 Å². The second kappa shape index (κ2) is 6.92. The molecule has 2 atom stereocenters. The van der Waals surface area contributed by atoms with Crippen LogP contribution >= 0.6 is 54.8 Å². The minimum atomic E-state index is -0.349. The quantitative estimate of drug-likeness (QED) is 0.355. The second-order valence-electron chi connectivity index (χ2n) is 6.42. The highest BCUT2D eigenvalue weighted by atomic mass is 79.9. The van der Waals surface area contributed by atoms with Crippen LogP contribution in [0.4, 0.5) is 0 Å². The Kier molecular flexibility index (Phi) is 4.55. The number of nitrogens with zero attached hydrogens (tertiary/aromatic N) is 2. The van der Waals surface area contributed by atoms with Crippen molar-refractivity contribution in [2.45, 2.75) is 18.7 Å². The highest BCUT2D eigenvalue weighted by Gasteiger charge is 2.41. The molecule has 136 valence electrons. The fourth-order valence-corrected chi connectivity index (χ4v) is 5.54. The molecular formula is C20H13Br2ClN2OS. The van der Waals surface area contributed by atoms with E-state index in [2.05, 4.69) is 55.1 Å². The van der Waals surface area contributed by atoms with E-state index in [1.807, 2.05) is 36.4 Å². The van der Waals surface area contributed by atoms with Gasteiger partial charge in [-0.25, -0.2) is 5.01 Å². The highest BCUT2D eigenvalue weighted by molar-refractivity contribution is 9.11. The van der Waals surface area contributed by atoms with E-state index < -0.39 is 0 Å². The summed E-state index contributed by atoms with van der Waals surface area (Å²) in [7, 11) is 0. The van der Waals surface area contributed by atoms with Crippen LogP contribution in [0, 0.1) is 0 Å². The molecule has 2 aliphatic heterocycles. The van der Waals surface area contributed by atoms with E-state index in [4.69, 9.17) is 21.4 Å². The van der Waals surface area contributed by atoms with Crippen LogP contribution in [0.15, 0.2) is 68.0 Å². The van der Waals surface area contributed by atoms with Gasteiger partial charge in [0, 0.05) is 27.0 Å². The Morgan fingerprint density at radius 1 is 1.07 bits per heavy atom. The maximum atomic E-state index is 6.49. The summed E-state index contributed by atoms with van der Waals surface area (Å²) in [5, 5.41) is 7.70. The lowest BCUT2D eigenvalue weighted by atomic mass is 9.98. The molecule has 2 aliphatic rings. The van der Waals surface area contributed by atoms with Crippen molar-refractivity contribution in [3.05, 3.63) is 83.9 Å². The van der Waals surface area contributed by atoms with Gasteiger partial charge >= 0.3 is 0 Å². The normalized spacial score (nSPS) is 20.7. The molecule has 0 N–H and O–H groups in total. The molecule has 0 saturated heterocycles. The van der Waals surface area contributed by atoms with Gasteiger partial charge in [0.2, 0.25) is 6.23 Å². The molecule has 0 spiro atoms. The van der Waals surface area contributed by atoms with E-state index in [1.165, 1.54) is 4.88 Å². The first-order chi connectivity index (χ1) is 13.1. The van der Waals surface area contributed by atoms with Crippen LogP contribution in [0.3, 0.4) is 0 Å². The van der Waals surface area contributed by atoms with Crippen molar-refractivity contribution in [1.82, 2.24) is 5.01 Å². The Hall–Kier alpha value is -1.34. The summed E-state index contributed by atoms with van der Waals surface area (Å²) in [4.78, 5) is 1.17. The number of hydrazone groups is 1. The van der Waals surface area contributed by atoms with Gasteiger partial charge in [-0.15, -0.1) is 11.3 Å². The predicted octanol–water partition coefficient (Wildman–Crippen LogP) is 7.17. The molecule has 7 heteroatoms. The third-order valence-corrected chi connectivity index (χ3v) is 7.29. The second-order valence-corrected chi connectivity index (χ2v) is 10.2. The molecular weight excluding hydrogens is 512 g/mol. The summed E-state index contributed by atoms with van der Waals surface area (Å²) in [5.74, 6) is 0.883. The molecule has 3 nitrogen and oxygen atoms in total. The monoisotopic (exact) mass is 522 g/mol.